The summed E-state index contributed by atoms with van der Waals surface area (Å²) in [6, 6.07) is 5.94. The fourth-order valence-electron chi connectivity index (χ4n) is 1.69. The molecular formula is C12H13BrO4. The molecule has 1 aliphatic rings. The summed E-state index contributed by atoms with van der Waals surface area (Å²) in [5, 5.41) is 8.61. The average molecular weight is 301 g/mol. The van der Waals surface area contributed by atoms with Crippen LogP contribution < -0.4 is 0 Å². The number of fused-ring (bicyclic) bond motifs is 1. The van der Waals surface area contributed by atoms with Gasteiger partial charge in [-0.25, -0.2) is 0 Å². The Morgan fingerprint density at radius 1 is 1.35 bits per heavy atom. The summed E-state index contributed by atoms with van der Waals surface area (Å²) in [5.41, 5.74) is 2.17. The number of halogens is 1. The lowest BCUT2D eigenvalue weighted by Gasteiger charge is -2.13. The van der Waals surface area contributed by atoms with Crippen LogP contribution in [0.1, 0.15) is 24.0 Å². The number of aliphatic carboxylic acids is 1. The third kappa shape index (κ3) is 3.52. The van der Waals surface area contributed by atoms with Crippen molar-refractivity contribution in [2.75, 3.05) is 0 Å². The molecule has 0 bridgehead atoms. The van der Waals surface area contributed by atoms with Crippen LogP contribution in [-0.4, -0.2) is 17.4 Å². The van der Waals surface area contributed by atoms with Gasteiger partial charge < -0.3 is 14.6 Å². The van der Waals surface area contributed by atoms with Crippen LogP contribution in [0.15, 0.2) is 22.7 Å². The molecule has 0 radical (unpaired) electrons. The van der Waals surface area contributed by atoms with Crippen LogP contribution in [0.3, 0.4) is 0 Å². The first kappa shape index (κ1) is 12.5. The molecule has 1 atom stereocenters. The lowest BCUT2D eigenvalue weighted by atomic mass is 10.1. The molecule has 0 aliphatic carbocycles. The van der Waals surface area contributed by atoms with Gasteiger partial charge in [-0.2, -0.15) is 0 Å². The first-order chi connectivity index (χ1) is 8.15. The highest BCUT2D eigenvalue weighted by atomic mass is 79.9. The Balaban J connectivity index is 1.99. The Bertz CT molecular complexity index is 419. The minimum atomic E-state index is -0.832. The van der Waals surface area contributed by atoms with Gasteiger partial charge in [-0.15, -0.1) is 0 Å². The Morgan fingerprint density at radius 2 is 2.06 bits per heavy atom. The molecule has 1 unspecified atom stereocenters. The monoisotopic (exact) mass is 300 g/mol. The molecule has 1 aliphatic heterocycles. The van der Waals surface area contributed by atoms with Crippen LogP contribution in [0, 0.1) is 0 Å². The number of benzene rings is 1. The van der Waals surface area contributed by atoms with Crippen molar-refractivity contribution in [2.24, 2.45) is 0 Å². The molecular weight excluding hydrogens is 288 g/mol. The molecule has 1 aromatic rings. The quantitative estimate of drug-likeness (QED) is 0.932. The van der Waals surface area contributed by atoms with Gasteiger partial charge >= 0.3 is 5.97 Å². The predicted molar refractivity (Wildman–Crippen MR) is 64.4 cm³/mol. The number of carbonyl (C=O) groups is 1. The number of ether oxygens (including phenoxy) is 2. The maximum atomic E-state index is 10.5. The lowest BCUT2D eigenvalue weighted by molar-refractivity contribution is -0.159. The van der Waals surface area contributed by atoms with Crippen LogP contribution in [-0.2, 0) is 27.5 Å². The van der Waals surface area contributed by atoms with Crippen molar-refractivity contribution in [2.45, 2.75) is 32.3 Å². The summed E-state index contributed by atoms with van der Waals surface area (Å²) in [7, 11) is 0. The Kier molecular flexibility index (Phi) is 4.15. The van der Waals surface area contributed by atoms with Gasteiger partial charge in [0, 0.05) is 10.9 Å². The Morgan fingerprint density at radius 3 is 2.76 bits per heavy atom. The van der Waals surface area contributed by atoms with Crippen LogP contribution >= 0.6 is 15.9 Å². The average Bonchev–Trinajstić information content (AvgIpc) is 2.48. The summed E-state index contributed by atoms with van der Waals surface area (Å²) >= 11 is 3.41. The van der Waals surface area contributed by atoms with Crippen molar-refractivity contribution in [3.8, 4) is 0 Å². The molecule has 0 saturated carbocycles. The van der Waals surface area contributed by atoms with E-state index in [0.717, 1.165) is 15.6 Å². The summed E-state index contributed by atoms with van der Waals surface area (Å²) in [5.74, 6) is -0.832. The van der Waals surface area contributed by atoms with E-state index in [1.165, 1.54) is 0 Å². The van der Waals surface area contributed by atoms with E-state index in [0.29, 0.717) is 19.6 Å². The molecule has 4 nitrogen and oxygen atoms in total. The molecule has 2 rings (SSSR count). The molecule has 0 aromatic heterocycles. The zero-order valence-electron chi connectivity index (χ0n) is 9.19. The van der Waals surface area contributed by atoms with Gasteiger partial charge in [-0.05, 0) is 23.3 Å². The topological polar surface area (TPSA) is 55.8 Å². The number of hydrogen-bond acceptors (Lipinski definition) is 3. The van der Waals surface area contributed by atoms with Crippen LogP contribution in [0.25, 0.3) is 0 Å². The number of carboxylic acids is 1. The SMILES string of the molecule is O=C(O)CCC1OCc2ccc(Br)cc2CO1. The van der Waals surface area contributed by atoms with Crippen molar-refractivity contribution in [3.05, 3.63) is 33.8 Å². The highest BCUT2D eigenvalue weighted by Crippen LogP contribution is 2.23. The first-order valence-corrected chi connectivity index (χ1v) is 6.17. The fraction of sp³-hybridized carbons (Fsp3) is 0.417. The fourth-order valence-corrected chi connectivity index (χ4v) is 2.10. The minimum Gasteiger partial charge on any atom is -0.481 e. The molecule has 0 saturated heterocycles. The molecule has 17 heavy (non-hydrogen) atoms. The maximum absolute atomic E-state index is 10.5. The highest BCUT2D eigenvalue weighted by Gasteiger charge is 2.17. The van der Waals surface area contributed by atoms with Gasteiger partial charge in [0.15, 0.2) is 6.29 Å². The molecule has 1 N–H and O–H groups in total. The standard InChI is InChI=1S/C12H13BrO4/c13-10-2-1-8-6-16-12(4-3-11(14)15)17-7-9(8)5-10/h1-2,5,12H,3-4,6-7H2,(H,14,15). The second-order valence-electron chi connectivity index (χ2n) is 3.90. The normalized spacial score (nSPS) is 19.5. The molecule has 1 heterocycles. The van der Waals surface area contributed by atoms with Crippen molar-refractivity contribution in [1.82, 2.24) is 0 Å². The van der Waals surface area contributed by atoms with Crippen molar-refractivity contribution < 1.29 is 19.4 Å². The van der Waals surface area contributed by atoms with Gasteiger partial charge in [-0.3, -0.25) is 4.79 Å². The van der Waals surface area contributed by atoms with Crippen LogP contribution in [0.4, 0.5) is 0 Å². The molecule has 92 valence electrons. The van der Waals surface area contributed by atoms with Crippen molar-refractivity contribution >= 4 is 21.9 Å². The summed E-state index contributed by atoms with van der Waals surface area (Å²) in [6.45, 7) is 0.923. The van der Waals surface area contributed by atoms with Gasteiger partial charge in [0.05, 0.1) is 19.6 Å². The Labute approximate surface area is 108 Å². The summed E-state index contributed by atoms with van der Waals surface area (Å²) < 4.78 is 12.1. The van der Waals surface area contributed by atoms with Gasteiger partial charge in [0.25, 0.3) is 0 Å². The third-order valence-electron chi connectivity index (χ3n) is 2.61. The molecule has 5 heteroatoms. The smallest absolute Gasteiger partial charge is 0.303 e. The molecule has 0 spiro atoms. The second-order valence-corrected chi connectivity index (χ2v) is 4.81. The van der Waals surface area contributed by atoms with E-state index < -0.39 is 12.3 Å². The van der Waals surface area contributed by atoms with Crippen molar-refractivity contribution in [3.63, 3.8) is 0 Å². The molecule has 0 fully saturated rings. The Hall–Kier alpha value is -0.910. The lowest BCUT2D eigenvalue weighted by Crippen LogP contribution is -2.16. The largest absolute Gasteiger partial charge is 0.481 e. The molecule has 1 aromatic carbocycles. The summed E-state index contributed by atoms with van der Waals surface area (Å²) in [6.07, 6.45) is 0.00660. The van der Waals surface area contributed by atoms with Crippen LogP contribution in [0.5, 0.6) is 0 Å². The second kappa shape index (κ2) is 5.62. The molecule has 0 amide bonds. The number of hydrogen-bond donors (Lipinski definition) is 1. The van der Waals surface area contributed by atoms with E-state index in [2.05, 4.69) is 15.9 Å². The van der Waals surface area contributed by atoms with Gasteiger partial charge in [-0.1, -0.05) is 22.0 Å². The summed E-state index contributed by atoms with van der Waals surface area (Å²) in [4.78, 5) is 10.5. The van der Waals surface area contributed by atoms with E-state index in [-0.39, 0.29) is 6.42 Å². The van der Waals surface area contributed by atoms with E-state index in [9.17, 15) is 4.79 Å². The van der Waals surface area contributed by atoms with Gasteiger partial charge in [0.2, 0.25) is 0 Å². The van der Waals surface area contributed by atoms with E-state index in [1.807, 2.05) is 18.2 Å². The zero-order chi connectivity index (χ0) is 12.3. The van der Waals surface area contributed by atoms with E-state index >= 15 is 0 Å². The number of rotatable bonds is 3. The minimum absolute atomic E-state index is 0.0602. The predicted octanol–water partition coefficient (Wildman–Crippen LogP) is 2.69. The van der Waals surface area contributed by atoms with Crippen LogP contribution in [0.2, 0.25) is 0 Å². The highest BCUT2D eigenvalue weighted by molar-refractivity contribution is 9.10. The van der Waals surface area contributed by atoms with E-state index in [1.54, 1.807) is 0 Å². The third-order valence-corrected chi connectivity index (χ3v) is 3.10. The van der Waals surface area contributed by atoms with Crippen molar-refractivity contribution in [1.29, 1.82) is 0 Å². The zero-order valence-corrected chi connectivity index (χ0v) is 10.8. The van der Waals surface area contributed by atoms with Gasteiger partial charge in [0.1, 0.15) is 0 Å². The van der Waals surface area contributed by atoms with E-state index in [4.69, 9.17) is 14.6 Å². The first-order valence-electron chi connectivity index (χ1n) is 5.37. The number of carboxylic acid groups (broad SMARTS) is 1. The maximum Gasteiger partial charge on any atom is 0.303 e.